The molecule has 1 N–H and O–H groups in total. The fourth-order valence-corrected chi connectivity index (χ4v) is 2.95. The molecule has 1 aromatic heterocycles. The molecule has 0 spiro atoms. The Labute approximate surface area is 271 Å². The topological polar surface area (TPSA) is 45.2 Å². The van der Waals surface area contributed by atoms with E-state index in [2.05, 4.69) is 85.5 Å². The minimum atomic E-state index is -0.0597. The second kappa shape index (κ2) is 31.3. The average molecular weight is 673 g/mol. The third-order valence-electron chi connectivity index (χ3n) is 6.40. The second-order valence-corrected chi connectivity index (χ2v) is 9.84. The monoisotopic (exact) mass is 673 g/mol. The van der Waals surface area contributed by atoms with Crippen LogP contribution in [-0.2, 0) is 0 Å². The van der Waals surface area contributed by atoms with Crippen molar-refractivity contribution in [3.63, 3.8) is 0 Å². The summed E-state index contributed by atoms with van der Waals surface area (Å²) in [4.78, 5) is 19.6. The quantitative estimate of drug-likeness (QED) is 0.172. The molecular formula is C36H63N3OSn+4. The number of nitrogens with one attached hydrogen (secondary N) is 1. The molecule has 0 aliphatic rings. The molecule has 0 saturated carbocycles. The van der Waals surface area contributed by atoms with Gasteiger partial charge in [-0.1, -0.05) is 151 Å². The number of para-hydroxylation sites is 2. The molecule has 1 heterocycles. The number of rotatable bonds is 10. The van der Waals surface area contributed by atoms with Gasteiger partial charge in [0.25, 0.3) is 5.91 Å². The first-order valence-electron chi connectivity index (χ1n) is 16.2. The molecule has 3 rings (SSSR count). The van der Waals surface area contributed by atoms with Crippen molar-refractivity contribution >= 4 is 51.6 Å². The minimum Gasteiger partial charge on any atom is -0.351 e. The summed E-state index contributed by atoms with van der Waals surface area (Å²) in [6, 6.07) is 15.8. The standard InChI is InChI=1S/C20H23N3O.4C4H10.Sn/c1-3-23(4-2)13-12-21-20(24)17-10-7-9-16-14-15-8-5-6-11-18(15)22-19(16)17;4*1-3-4-2;/h5-11,14H,3-4,12-13H2,1-2H3,(H,21,24);4*3-4H2,1-2H3;/q;;;;;+4. The van der Waals surface area contributed by atoms with Crippen molar-refractivity contribution in [3.05, 3.63) is 54.1 Å². The zero-order valence-electron chi connectivity index (χ0n) is 28.4. The summed E-state index contributed by atoms with van der Waals surface area (Å²) in [5.41, 5.74) is 2.31. The molecule has 41 heavy (non-hydrogen) atoms. The van der Waals surface area contributed by atoms with Gasteiger partial charge in [0.05, 0.1) is 16.6 Å². The summed E-state index contributed by atoms with van der Waals surface area (Å²) in [5, 5.41) is 5.10. The Morgan fingerprint density at radius 3 is 1.59 bits per heavy atom. The number of benzene rings is 2. The van der Waals surface area contributed by atoms with Crippen LogP contribution in [0.5, 0.6) is 0 Å². The van der Waals surface area contributed by atoms with Gasteiger partial charge in [-0.05, 0) is 31.3 Å². The molecular weight excluding hydrogens is 609 g/mol. The molecule has 4 nitrogen and oxygen atoms in total. The van der Waals surface area contributed by atoms with Crippen LogP contribution in [0.15, 0.2) is 48.5 Å². The average Bonchev–Trinajstić information content (AvgIpc) is 3.02. The summed E-state index contributed by atoms with van der Waals surface area (Å²) in [5.74, 6) is -0.0597. The van der Waals surface area contributed by atoms with Crippen LogP contribution >= 0.6 is 0 Å². The van der Waals surface area contributed by atoms with E-state index in [4.69, 9.17) is 4.98 Å². The maximum Gasteiger partial charge on any atom is 4.00 e. The number of likely N-dealkylation sites (N-methyl/N-ethyl adjacent to an activating group) is 1. The van der Waals surface area contributed by atoms with E-state index in [-0.39, 0.29) is 29.8 Å². The molecule has 1 amide bonds. The van der Waals surface area contributed by atoms with Crippen molar-refractivity contribution in [2.75, 3.05) is 26.2 Å². The van der Waals surface area contributed by atoms with Crippen molar-refractivity contribution < 1.29 is 4.79 Å². The van der Waals surface area contributed by atoms with Crippen LogP contribution in [0.25, 0.3) is 21.8 Å². The molecule has 0 radical (unpaired) electrons. The van der Waals surface area contributed by atoms with Gasteiger partial charge in [0.1, 0.15) is 0 Å². The van der Waals surface area contributed by atoms with Crippen LogP contribution in [-0.4, -0.2) is 65.9 Å². The maximum atomic E-state index is 12.6. The first-order chi connectivity index (χ1) is 19.4. The summed E-state index contributed by atoms with van der Waals surface area (Å²) in [6.45, 7) is 25.2. The van der Waals surface area contributed by atoms with Crippen molar-refractivity contribution in [1.29, 1.82) is 0 Å². The van der Waals surface area contributed by atoms with Crippen LogP contribution in [0.1, 0.15) is 131 Å². The Morgan fingerprint density at radius 1 is 0.659 bits per heavy atom. The number of carbonyl (C=O) groups excluding carboxylic acids is 1. The number of fused-ring (bicyclic) bond motifs is 2. The maximum absolute atomic E-state index is 12.6. The van der Waals surface area contributed by atoms with E-state index in [1.54, 1.807) is 0 Å². The summed E-state index contributed by atoms with van der Waals surface area (Å²) < 4.78 is 0. The second-order valence-electron chi connectivity index (χ2n) is 9.84. The number of hydrogen-bond acceptors (Lipinski definition) is 3. The van der Waals surface area contributed by atoms with E-state index < -0.39 is 0 Å². The first-order valence-corrected chi connectivity index (χ1v) is 16.2. The van der Waals surface area contributed by atoms with Gasteiger partial charge in [-0.15, -0.1) is 0 Å². The normalized spacial score (nSPS) is 9.54. The molecule has 0 saturated heterocycles. The smallest absolute Gasteiger partial charge is 0.351 e. The van der Waals surface area contributed by atoms with Gasteiger partial charge in [0.2, 0.25) is 0 Å². The fourth-order valence-electron chi connectivity index (χ4n) is 2.95. The van der Waals surface area contributed by atoms with E-state index in [1.807, 2.05) is 42.5 Å². The predicted octanol–water partition coefficient (Wildman–Crippen LogP) is 10.3. The largest absolute Gasteiger partial charge is 4.00 e. The van der Waals surface area contributed by atoms with Gasteiger partial charge >= 0.3 is 23.9 Å². The summed E-state index contributed by atoms with van der Waals surface area (Å²) >= 11 is 0. The van der Waals surface area contributed by atoms with E-state index in [0.717, 1.165) is 41.4 Å². The van der Waals surface area contributed by atoms with Gasteiger partial charge < -0.3 is 10.2 Å². The number of aromatic nitrogens is 1. The third-order valence-corrected chi connectivity index (χ3v) is 6.40. The van der Waals surface area contributed by atoms with Crippen LogP contribution in [0.3, 0.4) is 0 Å². The van der Waals surface area contributed by atoms with Gasteiger partial charge in [-0.3, -0.25) is 4.79 Å². The number of nitrogens with zero attached hydrogens (tertiary/aromatic N) is 2. The molecule has 0 fully saturated rings. The van der Waals surface area contributed by atoms with Gasteiger partial charge in [0, 0.05) is 23.9 Å². The Balaban J connectivity index is -0.000000704. The van der Waals surface area contributed by atoms with E-state index in [9.17, 15) is 4.79 Å². The first kappa shape index (κ1) is 43.8. The van der Waals surface area contributed by atoms with Gasteiger partial charge in [0.15, 0.2) is 0 Å². The molecule has 5 heteroatoms. The Morgan fingerprint density at radius 2 is 1.12 bits per heavy atom. The number of pyridine rings is 1. The molecule has 0 aliphatic heterocycles. The van der Waals surface area contributed by atoms with E-state index >= 15 is 0 Å². The molecule has 0 aliphatic carbocycles. The number of unbranched alkanes of at least 4 members (excludes halogenated alkanes) is 4. The van der Waals surface area contributed by atoms with Crippen LogP contribution in [0.4, 0.5) is 0 Å². The van der Waals surface area contributed by atoms with Gasteiger partial charge in [-0.25, -0.2) is 4.98 Å². The van der Waals surface area contributed by atoms with E-state index in [0.29, 0.717) is 12.1 Å². The van der Waals surface area contributed by atoms with Crippen LogP contribution in [0.2, 0.25) is 0 Å². The summed E-state index contributed by atoms with van der Waals surface area (Å²) in [7, 11) is 0. The third kappa shape index (κ3) is 20.8. The molecule has 0 unspecified atom stereocenters. The molecule has 0 atom stereocenters. The minimum absolute atomic E-state index is 0. The van der Waals surface area contributed by atoms with Crippen molar-refractivity contribution in [1.82, 2.24) is 15.2 Å². The van der Waals surface area contributed by atoms with Crippen LogP contribution < -0.4 is 5.32 Å². The Hall–Kier alpha value is -1.66. The molecule has 2 aromatic carbocycles. The predicted molar refractivity (Wildman–Crippen MR) is 187 cm³/mol. The summed E-state index contributed by atoms with van der Waals surface area (Å²) in [6.07, 6.45) is 10.6. The number of carbonyl (C=O) groups is 1. The van der Waals surface area contributed by atoms with Gasteiger partial charge in [-0.2, -0.15) is 0 Å². The number of amides is 1. The zero-order valence-corrected chi connectivity index (χ0v) is 31.3. The van der Waals surface area contributed by atoms with Crippen molar-refractivity contribution in [2.45, 2.75) is 121 Å². The van der Waals surface area contributed by atoms with Crippen molar-refractivity contribution in [3.8, 4) is 0 Å². The fraction of sp³-hybridized carbons (Fsp3) is 0.611. The molecule has 3 aromatic rings. The molecule has 228 valence electrons. The Kier molecular flexibility index (Phi) is 33.4. The van der Waals surface area contributed by atoms with E-state index in [1.165, 1.54) is 51.4 Å². The van der Waals surface area contributed by atoms with Crippen molar-refractivity contribution in [2.24, 2.45) is 0 Å². The zero-order chi connectivity index (χ0) is 30.6. The number of hydrogen-bond donors (Lipinski definition) is 1. The molecule has 0 bridgehead atoms. The van der Waals surface area contributed by atoms with Crippen LogP contribution in [0, 0.1) is 0 Å². The SMILES string of the molecule is CCCC.CCCC.CCCC.CCCC.CCN(CC)CCNC(=O)c1cccc2cc3ccccc3nc12.[Sn+4]. The Bertz CT molecular complexity index is 965.